The maximum atomic E-state index is 5.45. The summed E-state index contributed by atoms with van der Waals surface area (Å²) in [4.78, 5) is 0. The second-order valence-electron chi connectivity index (χ2n) is 2.98. The van der Waals surface area contributed by atoms with Crippen LogP contribution in [0.25, 0.3) is 0 Å². The summed E-state index contributed by atoms with van der Waals surface area (Å²) < 4.78 is 12.4. The van der Waals surface area contributed by atoms with Gasteiger partial charge in [0.1, 0.15) is 0 Å². The van der Waals surface area contributed by atoms with Crippen LogP contribution < -0.4 is 4.74 Å². The molecule has 1 aliphatic heterocycles. The van der Waals surface area contributed by atoms with Crippen molar-refractivity contribution in [3.8, 4) is 5.88 Å². The normalized spacial score (nSPS) is 21.6. The molecular weight excluding hydrogens is 156 g/mol. The van der Waals surface area contributed by atoms with Crippen molar-refractivity contribution in [1.29, 1.82) is 0 Å². The average molecular weight is 168 g/mol. The van der Waals surface area contributed by atoms with Gasteiger partial charge in [0.15, 0.2) is 0 Å². The van der Waals surface area contributed by atoms with Crippen LogP contribution in [0.1, 0.15) is 0 Å². The van der Waals surface area contributed by atoms with Gasteiger partial charge in [-0.1, -0.05) is 0 Å². The summed E-state index contributed by atoms with van der Waals surface area (Å²) in [6, 6.07) is 1.88. The molecule has 1 unspecified atom stereocenters. The van der Waals surface area contributed by atoms with E-state index in [-0.39, 0.29) is 0 Å². The van der Waals surface area contributed by atoms with Crippen molar-refractivity contribution < 1.29 is 9.47 Å². The molecule has 0 fully saturated rings. The van der Waals surface area contributed by atoms with Crippen molar-refractivity contribution >= 4 is 0 Å². The molecular formula is C8H12N2O2. The molecule has 1 aromatic heterocycles. The molecule has 0 N–H and O–H groups in total. The summed E-state index contributed by atoms with van der Waals surface area (Å²) in [5.41, 5.74) is 0. The fourth-order valence-corrected chi connectivity index (χ4v) is 1.42. The minimum absolute atomic E-state index is 0.433. The quantitative estimate of drug-likeness (QED) is 0.646. The van der Waals surface area contributed by atoms with Gasteiger partial charge in [0.05, 0.1) is 26.0 Å². The summed E-state index contributed by atoms with van der Waals surface area (Å²) in [6.07, 6.45) is 1.75. The minimum atomic E-state index is 0.433. The molecule has 0 aliphatic carbocycles. The number of fused-ring (bicyclic) bond motifs is 1. The highest BCUT2D eigenvalue weighted by Gasteiger charge is 2.19. The molecule has 1 aromatic rings. The van der Waals surface area contributed by atoms with Gasteiger partial charge in [-0.15, -0.1) is 0 Å². The summed E-state index contributed by atoms with van der Waals surface area (Å²) in [5, 5.41) is 4.13. The molecule has 0 bridgehead atoms. The van der Waals surface area contributed by atoms with Gasteiger partial charge in [-0.3, -0.25) is 0 Å². The molecule has 0 aromatic carbocycles. The van der Waals surface area contributed by atoms with E-state index in [2.05, 4.69) is 5.10 Å². The zero-order valence-electron chi connectivity index (χ0n) is 7.06. The third-order valence-corrected chi connectivity index (χ3v) is 1.98. The Hall–Kier alpha value is -1.03. The Morgan fingerprint density at radius 3 is 3.58 bits per heavy atom. The van der Waals surface area contributed by atoms with E-state index in [0.717, 1.165) is 25.6 Å². The van der Waals surface area contributed by atoms with Gasteiger partial charge in [0, 0.05) is 19.1 Å². The first-order valence-corrected chi connectivity index (χ1v) is 4.03. The van der Waals surface area contributed by atoms with Crippen molar-refractivity contribution in [2.24, 2.45) is 5.92 Å². The molecule has 0 saturated heterocycles. The van der Waals surface area contributed by atoms with E-state index in [9.17, 15) is 0 Å². The van der Waals surface area contributed by atoms with E-state index < -0.39 is 0 Å². The molecule has 1 aliphatic rings. The Bertz CT molecular complexity index is 259. The van der Waals surface area contributed by atoms with E-state index >= 15 is 0 Å². The minimum Gasteiger partial charge on any atom is -0.477 e. The van der Waals surface area contributed by atoms with Gasteiger partial charge in [-0.25, -0.2) is 4.68 Å². The zero-order valence-corrected chi connectivity index (χ0v) is 7.06. The predicted molar refractivity (Wildman–Crippen MR) is 43.1 cm³/mol. The number of rotatable bonds is 2. The van der Waals surface area contributed by atoms with Crippen molar-refractivity contribution in [2.45, 2.75) is 6.54 Å². The first kappa shape index (κ1) is 7.61. The van der Waals surface area contributed by atoms with Gasteiger partial charge < -0.3 is 9.47 Å². The lowest BCUT2D eigenvalue weighted by Gasteiger charge is -2.22. The van der Waals surface area contributed by atoms with Crippen LogP contribution in [0.3, 0.4) is 0 Å². The van der Waals surface area contributed by atoms with Crippen LogP contribution in [0, 0.1) is 5.92 Å². The van der Waals surface area contributed by atoms with E-state index in [1.165, 1.54) is 0 Å². The zero-order chi connectivity index (χ0) is 8.39. The topological polar surface area (TPSA) is 36.3 Å². The lowest BCUT2D eigenvalue weighted by molar-refractivity contribution is 0.0797. The second-order valence-corrected chi connectivity index (χ2v) is 2.98. The van der Waals surface area contributed by atoms with E-state index in [4.69, 9.17) is 9.47 Å². The van der Waals surface area contributed by atoms with Gasteiger partial charge in [-0.05, 0) is 0 Å². The van der Waals surface area contributed by atoms with Gasteiger partial charge in [0.2, 0.25) is 5.88 Å². The fourth-order valence-electron chi connectivity index (χ4n) is 1.42. The number of hydrogen-bond acceptors (Lipinski definition) is 3. The Kier molecular flexibility index (Phi) is 1.99. The van der Waals surface area contributed by atoms with Crippen LogP contribution in [0.15, 0.2) is 12.3 Å². The molecule has 2 heterocycles. The van der Waals surface area contributed by atoms with Crippen molar-refractivity contribution in [3.63, 3.8) is 0 Å². The Labute approximate surface area is 71.1 Å². The third-order valence-electron chi connectivity index (χ3n) is 1.98. The van der Waals surface area contributed by atoms with Crippen molar-refractivity contribution in [2.75, 3.05) is 20.3 Å². The van der Waals surface area contributed by atoms with Crippen LogP contribution in [-0.4, -0.2) is 30.1 Å². The average Bonchev–Trinajstić information content (AvgIpc) is 2.51. The highest BCUT2D eigenvalue weighted by atomic mass is 16.5. The van der Waals surface area contributed by atoms with E-state index in [1.807, 2.05) is 10.7 Å². The number of methoxy groups -OCH3 is 1. The van der Waals surface area contributed by atoms with E-state index in [1.54, 1.807) is 13.3 Å². The van der Waals surface area contributed by atoms with Crippen LogP contribution in [-0.2, 0) is 11.3 Å². The predicted octanol–water partition coefficient (Wildman–Crippen LogP) is 0.538. The molecule has 4 nitrogen and oxygen atoms in total. The lowest BCUT2D eigenvalue weighted by Crippen LogP contribution is -2.28. The maximum Gasteiger partial charge on any atom is 0.211 e. The van der Waals surface area contributed by atoms with E-state index in [0.29, 0.717) is 5.92 Å². The third kappa shape index (κ3) is 1.30. The van der Waals surface area contributed by atoms with Crippen LogP contribution in [0.5, 0.6) is 5.88 Å². The molecule has 0 saturated carbocycles. The monoisotopic (exact) mass is 168 g/mol. The first-order chi connectivity index (χ1) is 5.90. The Morgan fingerprint density at radius 2 is 2.75 bits per heavy atom. The fraction of sp³-hybridized carbons (Fsp3) is 0.625. The molecule has 0 amide bonds. The standard InChI is InChI=1S/C8H12N2O2/c1-11-5-7-4-10-8(12-6-7)2-3-9-10/h2-3,7H,4-6H2,1H3. The highest BCUT2D eigenvalue weighted by Crippen LogP contribution is 2.18. The summed E-state index contributed by atoms with van der Waals surface area (Å²) in [7, 11) is 1.71. The highest BCUT2D eigenvalue weighted by molar-refractivity contribution is 5.09. The molecule has 0 radical (unpaired) electrons. The summed E-state index contributed by atoms with van der Waals surface area (Å²) in [5.74, 6) is 1.30. The second kappa shape index (κ2) is 3.15. The summed E-state index contributed by atoms with van der Waals surface area (Å²) in [6.45, 7) is 2.37. The first-order valence-electron chi connectivity index (χ1n) is 4.03. The SMILES string of the molecule is COCC1COc2ccnn2C1. The van der Waals surface area contributed by atoms with Crippen LogP contribution >= 0.6 is 0 Å². The van der Waals surface area contributed by atoms with Crippen molar-refractivity contribution in [3.05, 3.63) is 12.3 Å². The largest absolute Gasteiger partial charge is 0.477 e. The maximum absolute atomic E-state index is 5.45. The molecule has 1 atom stereocenters. The number of aromatic nitrogens is 2. The lowest BCUT2D eigenvalue weighted by atomic mass is 10.1. The molecule has 66 valence electrons. The Balaban J connectivity index is 2.05. The van der Waals surface area contributed by atoms with Crippen LogP contribution in [0.4, 0.5) is 0 Å². The van der Waals surface area contributed by atoms with Gasteiger partial charge >= 0.3 is 0 Å². The smallest absolute Gasteiger partial charge is 0.211 e. The van der Waals surface area contributed by atoms with Crippen LogP contribution in [0.2, 0.25) is 0 Å². The summed E-state index contributed by atoms with van der Waals surface area (Å²) >= 11 is 0. The number of hydrogen-bond donors (Lipinski definition) is 0. The number of nitrogens with zero attached hydrogens (tertiary/aromatic N) is 2. The Morgan fingerprint density at radius 1 is 1.83 bits per heavy atom. The molecule has 4 heteroatoms. The van der Waals surface area contributed by atoms with Crippen molar-refractivity contribution in [1.82, 2.24) is 9.78 Å². The molecule has 2 rings (SSSR count). The molecule has 12 heavy (non-hydrogen) atoms. The molecule has 0 spiro atoms. The van der Waals surface area contributed by atoms with Gasteiger partial charge in [-0.2, -0.15) is 5.10 Å². The van der Waals surface area contributed by atoms with Gasteiger partial charge in [0.25, 0.3) is 0 Å². The number of ether oxygens (including phenoxy) is 2.